The summed E-state index contributed by atoms with van der Waals surface area (Å²) < 4.78 is 0. The Morgan fingerprint density at radius 1 is 1.27 bits per heavy atom. The molecule has 2 amide bonds. The lowest BCUT2D eigenvalue weighted by Gasteiger charge is -2.26. The highest BCUT2D eigenvalue weighted by atomic mass is 32.2. The normalized spacial score (nSPS) is 17.7. The molecule has 1 aliphatic heterocycles. The number of carboxylic acid groups (broad SMARTS) is 1. The Labute approximate surface area is 155 Å². The van der Waals surface area contributed by atoms with Gasteiger partial charge in [-0.15, -0.1) is 11.8 Å². The van der Waals surface area contributed by atoms with Crippen molar-refractivity contribution in [3.05, 3.63) is 47.5 Å². The van der Waals surface area contributed by atoms with Gasteiger partial charge in [0.1, 0.15) is 12.6 Å². The van der Waals surface area contributed by atoms with Crippen molar-refractivity contribution in [1.82, 2.24) is 10.2 Å². The first-order chi connectivity index (χ1) is 12.4. The highest BCUT2D eigenvalue weighted by Crippen LogP contribution is 2.23. The standard InChI is InChI=1S/C18H20N2O5S/c1-2-14-17(23)20(8-9-26-14)11-15(21)19-13(16(22)18(24)25)10-12-6-4-3-5-7-12/h3-9,13-14H,2,10-11H2,1H3,(H,19,21)(H,24,25)/t13-,14?/m0/s1. The van der Waals surface area contributed by atoms with Gasteiger partial charge in [0.25, 0.3) is 5.78 Å². The van der Waals surface area contributed by atoms with E-state index in [4.69, 9.17) is 5.11 Å². The summed E-state index contributed by atoms with van der Waals surface area (Å²) in [6.45, 7) is 1.62. The molecule has 7 nitrogen and oxygen atoms in total. The molecular weight excluding hydrogens is 356 g/mol. The van der Waals surface area contributed by atoms with Gasteiger partial charge < -0.3 is 15.3 Å². The van der Waals surface area contributed by atoms with E-state index in [2.05, 4.69) is 5.32 Å². The van der Waals surface area contributed by atoms with Crippen LogP contribution in [0.2, 0.25) is 0 Å². The molecule has 0 aliphatic carbocycles. The summed E-state index contributed by atoms with van der Waals surface area (Å²) in [5.41, 5.74) is 0.726. The zero-order valence-electron chi connectivity index (χ0n) is 14.3. The van der Waals surface area contributed by atoms with Gasteiger partial charge in [0, 0.05) is 12.6 Å². The number of carbonyl (C=O) groups excluding carboxylic acids is 3. The number of nitrogens with zero attached hydrogens (tertiary/aromatic N) is 1. The third-order valence-corrected chi connectivity index (χ3v) is 5.01. The van der Waals surface area contributed by atoms with Gasteiger partial charge in [0.2, 0.25) is 11.8 Å². The quantitative estimate of drug-likeness (QED) is 0.661. The van der Waals surface area contributed by atoms with E-state index >= 15 is 0 Å². The maximum Gasteiger partial charge on any atom is 0.374 e. The molecule has 26 heavy (non-hydrogen) atoms. The third kappa shape index (κ3) is 5.19. The first-order valence-corrected chi connectivity index (χ1v) is 9.09. The number of thioether (sulfide) groups is 1. The number of aliphatic carboxylic acids is 1. The molecule has 0 bridgehead atoms. The molecule has 2 rings (SSSR count). The number of nitrogens with one attached hydrogen (secondary N) is 1. The average Bonchev–Trinajstić information content (AvgIpc) is 2.63. The molecule has 2 N–H and O–H groups in total. The summed E-state index contributed by atoms with van der Waals surface area (Å²) in [6.07, 6.45) is 2.22. The Bertz CT molecular complexity index is 720. The lowest BCUT2D eigenvalue weighted by molar-refractivity contribution is -0.150. The van der Waals surface area contributed by atoms with Crippen LogP contribution in [0.4, 0.5) is 0 Å². The van der Waals surface area contributed by atoms with Gasteiger partial charge in [-0.2, -0.15) is 0 Å². The maximum absolute atomic E-state index is 12.3. The molecule has 1 unspecified atom stereocenters. The SMILES string of the molecule is CCC1SC=CN(CC(=O)N[C@@H](Cc2ccccc2)C(=O)C(=O)O)C1=O. The Morgan fingerprint density at radius 3 is 2.58 bits per heavy atom. The molecule has 0 saturated heterocycles. The smallest absolute Gasteiger partial charge is 0.374 e. The van der Waals surface area contributed by atoms with Crippen LogP contribution in [0, 0.1) is 0 Å². The molecule has 0 spiro atoms. The molecule has 1 heterocycles. The highest BCUT2D eigenvalue weighted by molar-refractivity contribution is 8.03. The van der Waals surface area contributed by atoms with Crippen molar-refractivity contribution in [1.29, 1.82) is 0 Å². The van der Waals surface area contributed by atoms with Gasteiger partial charge in [0.15, 0.2) is 0 Å². The topological polar surface area (TPSA) is 104 Å². The monoisotopic (exact) mass is 376 g/mol. The minimum Gasteiger partial charge on any atom is -0.475 e. The van der Waals surface area contributed by atoms with Crippen molar-refractivity contribution < 1.29 is 24.3 Å². The Balaban J connectivity index is 2.05. The van der Waals surface area contributed by atoms with E-state index in [0.717, 1.165) is 5.56 Å². The first-order valence-electron chi connectivity index (χ1n) is 8.15. The number of hydrogen-bond acceptors (Lipinski definition) is 5. The molecule has 138 valence electrons. The van der Waals surface area contributed by atoms with Crippen LogP contribution in [0.25, 0.3) is 0 Å². The van der Waals surface area contributed by atoms with Gasteiger partial charge in [-0.05, 0) is 17.4 Å². The summed E-state index contributed by atoms with van der Waals surface area (Å²) in [7, 11) is 0. The van der Waals surface area contributed by atoms with Crippen LogP contribution in [0.5, 0.6) is 0 Å². The van der Waals surface area contributed by atoms with Crippen LogP contribution in [0.15, 0.2) is 41.9 Å². The molecule has 2 atom stereocenters. The van der Waals surface area contributed by atoms with E-state index in [1.54, 1.807) is 35.7 Å². The lowest BCUT2D eigenvalue weighted by atomic mass is 10.0. The molecule has 0 fully saturated rings. The summed E-state index contributed by atoms with van der Waals surface area (Å²) in [4.78, 5) is 48.8. The molecule has 0 radical (unpaired) electrons. The van der Waals surface area contributed by atoms with Crippen molar-refractivity contribution in [2.24, 2.45) is 0 Å². The third-order valence-electron chi connectivity index (χ3n) is 3.87. The minimum atomic E-state index is -1.61. The fraction of sp³-hybridized carbons (Fsp3) is 0.333. The minimum absolute atomic E-state index is 0.0644. The van der Waals surface area contributed by atoms with E-state index < -0.39 is 23.7 Å². The molecule has 8 heteroatoms. The summed E-state index contributed by atoms with van der Waals surface area (Å²) in [6, 6.07) is 7.62. The van der Waals surface area contributed by atoms with E-state index in [9.17, 15) is 19.2 Å². The summed E-state index contributed by atoms with van der Waals surface area (Å²) >= 11 is 1.39. The van der Waals surface area contributed by atoms with Crippen molar-refractivity contribution in [3.8, 4) is 0 Å². The molecule has 1 aromatic rings. The molecular formula is C18H20N2O5S. The number of amides is 2. The number of ketones is 1. The predicted molar refractivity (Wildman–Crippen MR) is 97.2 cm³/mol. The predicted octanol–water partition coefficient (Wildman–Crippen LogP) is 1.19. The second-order valence-corrected chi connectivity index (χ2v) is 6.88. The molecule has 1 aromatic carbocycles. The molecule has 0 saturated carbocycles. The van der Waals surface area contributed by atoms with Gasteiger partial charge in [-0.25, -0.2) is 4.79 Å². The number of carboxylic acids is 1. The number of carbonyl (C=O) groups is 4. The molecule has 0 aromatic heterocycles. The molecule has 1 aliphatic rings. The average molecular weight is 376 g/mol. The van der Waals surface area contributed by atoms with E-state index in [1.807, 2.05) is 6.92 Å². The van der Waals surface area contributed by atoms with Crippen LogP contribution >= 0.6 is 11.8 Å². The highest BCUT2D eigenvalue weighted by Gasteiger charge is 2.30. The van der Waals surface area contributed by atoms with Crippen LogP contribution in [-0.2, 0) is 25.6 Å². The Hall–Kier alpha value is -2.61. The second-order valence-electron chi connectivity index (χ2n) is 5.76. The Morgan fingerprint density at radius 2 is 1.96 bits per heavy atom. The number of benzene rings is 1. The van der Waals surface area contributed by atoms with Gasteiger partial charge >= 0.3 is 5.97 Å². The van der Waals surface area contributed by atoms with Gasteiger partial charge in [-0.1, -0.05) is 37.3 Å². The number of hydrogen-bond donors (Lipinski definition) is 2. The fourth-order valence-corrected chi connectivity index (χ4v) is 3.38. The van der Waals surface area contributed by atoms with E-state index in [-0.39, 0.29) is 24.1 Å². The largest absolute Gasteiger partial charge is 0.475 e. The first kappa shape index (κ1) is 19.7. The van der Waals surface area contributed by atoms with Crippen molar-refractivity contribution in [2.75, 3.05) is 6.54 Å². The van der Waals surface area contributed by atoms with Crippen LogP contribution < -0.4 is 5.32 Å². The van der Waals surface area contributed by atoms with Crippen molar-refractivity contribution in [3.63, 3.8) is 0 Å². The van der Waals surface area contributed by atoms with Crippen molar-refractivity contribution >= 4 is 35.3 Å². The van der Waals surface area contributed by atoms with Crippen LogP contribution in [-0.4, -0.2) is 51.4 Å². The van der Waals surface area contributed by atoms with Crippen molar-refractivity contribution in [2.45, 2.75) is 31.1 Å². The van der Waals surface area contributed by atoms with Crippen LogP contribution in [0.1, 0.15) is 18.9 Å². The number of Topliss-reactive ketones (excluding diaryl/α,β-unsaturated/α-hetero) is 1. The zero-order valence-corrected chi connectivity index (χ0v) is 15.1. The van der Waals surface area contributed by atoms with Crippen LogP contribution in [0.3, 0.4) is 0 Å². The second kappa shape index (κ2) is 9.19. The van der Waals surface area contributed by atoms with E-state index in [0.29, 0.717) is 6.42 Å². The Kier molecular flexibility index (Phi) is 6.97. The van der Waals surface area contributed by atoms with E-state index in [1.165, 1.54) is 22.9 Å². The number of rotatable bonds is 8. The van der Waals surface area contributed by atoms with Gasteiger partial charge in [-0.3, -0.25) is 14.4 Å². The lowest BCUT2D eigenvalue weighted by Crippen LogP contribution is -2.49. The summed E-state index contributed by atoms with van der Waals surface area (Å²) in [5, 5.41) is 12.9. The maximum atomic E-state index is 12.3. The zero-order chi connectivity index (χ0) is 19.1. The van der Waals surface area contributed by atoms with Gasteiger partial charge in [0.05, 0.1) is 5.25 Å². The summed E-state index contributed by atoms with van der Waals surface area (Å²) in [5.74, 6) is -3.47. The fourth-order valence-electron chi connectivity index (χ4n) is 2.52.